The monoisotopic (exact) mass is 698 g/mol. The van der Waals surface area contributed by atoms with Crippen molar-refractivity contribution >= 4 is 5.78 Å². The minimum absolute atomic E-state index is 0.00819. The number of hydrogen-bond acceptors (Lipinski definition) is 17. The highest BCUT2D eigenvalue weighted by atomic mass is 16.7. The molecule has 17 heteroatoms. The van der Waals surface area contributed by atoms with E-state index in [1.54, 1.807) is 13.8 Å². The smallest absolute Gasteiger partial charge is 0.229 e. The van der Waals surface area contributed by atoms with Gasteiger partial charge in [-0.15, -0.1) is 0 Å². The van der Waals surface area contributed by atoms with Crippen LogP contribution in [0.1, 0.15) is 47.9 Å². The summed E-state index contributed by atoms with van der Waals surface area (Å²) >= 11 is 0. The molecule has 0 saturated carbocycles. The fraction of sp³-hybridized carbons (Fsp3) is 0.594. The third-order valence-electron chi connectivity index (χ3n) is 8.94. The molecule has 0 unspecified atom stereocenters. The number of fused-ring (bicyclic) bond motifs is 1. The number of phenols is 2. The van der Waals surface area contributed by atoms with Crippen LogP contribution in [0.4, 0.5) is 0 Å². The number of phenolic OH excluding ortho intramolecular Hbond substituents is 2. The lowest BCUT2D eigenvalue weighted by Gasteiger charge is -2.42. The number of hydrogen-bond donors (Lipinski definition) is 11. The molecule has 3 aliphatic heterocycles. The Balaban J connectivity index is 1.51. The number of aromatic hydroxyl groups is 2. The molecule has 3 heterocycles. The van der Waals surface area contributed by atoms with Gasteiger partial charge in [-0.05, 0) is 44.4 Å². The zero-order chi connectivity index (χ0) is 35.9. The minimum Gasteiger partial charge on any atom is -0.508 e. The van der Waals surface area contributed by atoms with Crippen LogP contribution in [0, 0.1) is 0 Å². The summed E-state index contributed by atoms with van der Waals surface area (Å²) in [5.74, 6) is -2.12. The number of aliphatic hydroxyl groups is 9. The summed E-state index contributed by atoms with van der Waals surface area (Å²) in [6.07, 6.45) is -19.3. The van der Waals surface area contributed by atoms with E-state index in [9.17, 15) is 61.0 Å². The second kappa shape index (κ2) is 14.6. The molecule has 5 rings (SSSR count). The molecular weight excluding hydrogens is 656 g/mol. The number of ketones is 1. The van der Waals surface area contributed by atoms with Gasteiger partial charge in [0.25, 0.3) is 0 Å². The fourth-order valence-corrected chi connectivity index (χ4v) is 6.02. The Hall–Kier alpha value is -3.17. The van der Waals surface area contributed by atoms with Gasteiger partial charge in [0.2, 0.25) is 12.1 Å². The van der Waals surface area contributed by atoms with Gasteiger partial charge in [-0.1, -0.05) is 12.1 Å². The number of carbonyl (C=O) groups is 1. The fourth-order valence-electron chi connectivity index (χ4n) is 6.02. The predicted octanol–water partition coefficient (Wildman–Crippen LogP) is -2.52. The van der Waals surface area contributed by atoms with Gasteiger partial charge in [0, 0.05) is 11.6 Å². The van der Waals surface area contributed by atoms with E-state index < -0.39 is 110 Å². The lowest BCUT2D eigenvalue weighted by atomic mass is 9.88. The molecule has 49 heavy (non-hydrogen) atoms. The summed E-state index contributed by atoms with van der Waals surface area (Å²) in [6.45, 7) is 1.76. The number of carbonyl (C=O) groups excluding carboxylic acids is 1. The first-order valence-corrected chi connectivity index (χ1v) is 15.6. The molecule has 0 aliphatic carbocycles. The Labute approximate surface area is 279 Å². The Morgan fingerprint density at radius 1 is 0.776 bits per heavy atom. The largest absolute Gasteiger partial charge is 0.508 e. The molecule has 0 spiro atoms. The Morgan fingerprint density at radius 3 is 1.90 bits per heavy atom. The van der Waals surface area contributed by atoms with Crippen molar-refractivity contribution in [3.8, 4) is 23.0 Å². The Bertz CT molecular complexity index is 1460. The van der Waals surface area contributed by atoms with Crippen LogP contribution in [0.25, 0.3) is 0 Å². The molecule has 0 aromatic heterocycles. The van der Waals surface area contributed by atoms with E-state index >= 15 is 0 Å². The summed E-state index contributed by atoms with van der Waals surface area (Å²) in [4.78, 5) is 13.5. The van der Waals surface area contributed by atoms with E-state index in [1.165, 1.54) is 24.3 Å². The van der Waals surface area contributed by atoms with Crippen LogP contribution in [0.2, 0.25) is 0 Å². The molecule has 3 aliphatic rings. The lowest BCUT2D eigenvalue weighted by molar-refractivity contribution is -0.323. The van der Waals surface area contributed by atoms with Crippen molar-refractivity contribution in [1.82, 2.24) is 0 Å². The molecule has 12 atom stereocenters. The summed E-state index contributed by atoms with van der Waals surface area (Å²) in [6, 6.07) is 6.50. The van der Waals surface area contributed by atoms with Gasteiger partial charge < -0.3 is 79.9 Å². The van der Waals surface area contributed by atoms with Crippen molar-refractivity contribution in [3.05, 3.63) is 47.0 Å². The molecule has 17 nitrogen and oxygen atoms in total. The molecule has 272 valence electrons. The average Bonchev–Trinajstić information content (AvgIpc) is 3.06. The lowest BCUT2D eigenvalue weighted by Crippen LogP contribution is -2.60. The number of rotatable bonds is 10. The van der Waals surface area contributed by atoms with Crippen molar-refractivity contribution in [3.63, 3.8) is 0 Å². The molecular formula is C32H42O17. The van der Waals surface area contributed by atoms with Gasteiger partial charge in [-0.3, -0.25) is 4.79 Å². The van der Waals surface area contributed by atoms with Gasteiger partial charge >= 0.3 is 0 Å². The summed E-state index contributed by atoms with van der Waals surface area (Å²) in [7, 11) is 0. The SMILES string of the molecule is CC(C)(CCc1c(O[C@@H]2O[C@H](CO)[C@@H](O)[C@H](O)[C@H]2O)cc(O)c2c1O[C@@H](c1ccc(O)cc1)[C@@H](O)C2=O)O[C@H]1O[C@@H](CO)[C@H](O)[C@@H](O)[C@@H]1O. The van der Waals surface area contributed by atoms with Crippen LogP contribution in [0.5, 0.6) is 23.0 Å². The van der Waals surface area contributed by atoms with Crippen LogP contribution in [0.3, 0.4) is 0 Å². The van der Waals surface area contributed by atoms with Gasteiger partial charge in [0.15, 0.2) is 18.5 Å². The quantitative estimate of drug-likeness (QED) is 0.122. The van der Waals surface area contributed by atoms with E-state index in [0.717, 1.165) is 6.07 Å². The highest BCUT2D eigenvalue weighted by Crippen LogP contribution is 2.47. The number of ether oxygens (including phenoxy) is 5. The normalized spacial score (nSPS) is 35.0. The van der Waals surface area contributed by atoms with E-state index in [1.807, 2.05) is 0 Å². The zero-order valence-corrected chi connectivity index (χ0v) is 26.5. The topological polar surface area (TPSA) is 286 Å². The van der Waals surface area contributed by atoms with Gasteiger partial charge in [0.05, 0.1) is 18.8 Å². The van der Waals surface area contributed by atoms with Crippen molar-refractivity contribution < 1.29 is 84.7 Å². The highest BCUT2D eigenvalue weighted by molar-refractivity contribution is 6.06. The van der Waals surface area contributed by atoms with E-state index in [4.69, 9.17) is 23.7 Å². The summed E-state index contributed by atoms with van der Waals surface area (Å²) in [5, 5.41) is 113. The van der Waals surface area contributed by atoms with E-state index in [0.29, 0.717) is 5.56 Å². The first-order valence-electron chi connectivity index (χ1n) is 15.6. The maximum absolute atomic E-state index is 13.5. The van der Waals surface area contributed by atoms with Gasteiger partial charge in [0.1, 0.15) is 77.4 Å². The molecule has 2 fully saturated rings. The third-order valence-corrected chi connectivity index (χ3v) is 8.94. The van der Waals surface area contributed by atoms with Crippen LogP contribution >= 0.6 is 0 Å². The molecule has 0 bridgehead atoms. The maximum atomic E-state index is 13.5. The molecule has 11 N–H and O–H groups in total. The Morgan fingerprint density at radius 2 is 1.33 bits per heavy atom. The first kappa shape index (κ1) is 37.1. The average molecular weight is 699 g/mol. The Kier molecular flexibility index (Phi) is 11.0. The minimum atomic E-state index is -1.84. The van der Waals surface area contributed by atoms with Crippen LogP contribution in [-0.2, 0) is 20.6 Å². The van der Waals surface area contributed by atoms with Crippen LogP contribution < -0.4 is 9.47 Å². The molecule has 2 aromatic carbocycles. The first-order chi connectivity index (χ1) is 23.1. The van der Waals surface area contributed by atoms with Gasteiger partial charge in [-0.25, -0.2) is 0 Å². The number of benzene rings is 2. The van der Waals surface area contributed by atoms with Crippen molar-refractivity contribution in [1.29, 1.82) is 0 Å². The van der Waals surface area contributed by atoms with Crippen LogP contribution in [0.15, 0.2) is 30.3 Å². The molecule has 0 radical (unpaired) electrons. The van der Waals surface area contributed by atoms with Gasteiger partial charge in [-0.2, -0.15) is 0 Å². The highest BCUT2D eigenvalue weighted by Gasteiger charge is 2.48. The summed E-state index contributed by atoms with van der Waals surface area (Å²) in [5.41, 5.74) is -1.25. The van der Waals surface area contributed by atoms with Crippen molar-refractivity contribution in [2.24, 2.45) is 0 Å². The van der Waals surface area contributed by atoms with Crippen molar-refractivity contribution in [2.45, 2.75) is 106 Å². The van der Waals surface area contributed by atoms with E-state index in [2.05, 4.69) is 0 Å². The zero-order valence-electron chi connectivity index (χ0n) is 26.5. The maximum Gasteiger partial charge on any atom is 0.229 e. The van der Waals surface area contributed by atoms with Crippen LogP contribution in [-0.4, -0.2) is 148 Å². The predicted molar refractivity (Wildman–Crippen MR) is 162 cm³/mol. The van der Waals surface area contributed by atoms with E-state index in [-0.39, 0.29) is 35.7 Å². The number of aliphatic hydroxyl groups excluding tert-OH is 9. The second-order valence-electron chi connectivity index (χ2n) is 12.9. The standard InChI is InChI=1S/C32H42O17/c1-32(2,49-31-27(44)24(41)21(38)18(11-34)47-31)8-7-14-16(45-30-26(43)23(40)20(37)17(10-33)46-30)9-15(36)19-22(39)25(42)28(48-29(14)19)12-3-5-13(35)6-4-12/h3-6,9,17-18,20-21,23-28,30-31,33-38,40-44H,7-8,10-11H2,1-2H3/t17-,18+,20-,21+,23+,24-,25+,26-,27+,28+,30-,31-/m1/s1. The molecule has 2 saturated heterocycles. The third kappa shape index (κ3) is 7.34. The summed E-state index contributed by atoms with van der Waals surface area (Å²) < 4.78 is 29.0. The van der Waals surface area contributed by atoms with Crippen molar-refractivity contribution in [2.75, 3.05) is 13.2 Å². The molecule has 2 aromatic rings. The molecule has 0 amide bonds. The second-order valence-corrected chi connectivity index (χ2v) is 12.9. The number of Topliss-reactive ketones (excluding diaryl/α,β-unsaturated/α-hetero) is 1.